The molecular weight excluding hydrogens is 326 g/mol. The van der Waals surface area contributed by atoms with E-state index in [0.29, 0.717) is 23.5 Å². The van der Waals surface area contributed by atoms with Crippen LogP contribution in [0, 0.1) is 17.0 Å². The number of nitro benzene ring substituents is 1. The van der Waals surface area contributed by atoms with Crippen molar-refractivity contribution < 1.29 is 24.7 Å². The molecule has 2 N–H and O–H groups in total. The summed E-state index contributed by atoms with van der Waals surface area (Å²) < 4.78 is 5.46. The van der Waals surface area contributed by atoms with Crippen molar-refractivity contribution in [2.75, 3.05) is 6.61 Å². The lowest BCUT2D eigenvalue weighted by Gasteiger charge is -2.15. The standard InChI is InChI=1S/C18H19NO6/c1-3-25-17-7-5-13(8-11(17)2)14(18(21)22)9-12-4-6-16(20)15(10-12)19(23)24/h4-8,10,14,20H,3,9H2,1-2H3,(H,21,22). The number of aryl methyl sites for hydroxylation is 1. The number of nitrogens with zero attached hydrogens (tertiary/aromatic N) is 1. The van der Waals surface area contributed by atoms with Crippen molar-refractivity contribution in [3.8, 4) is 11.5 Å². The fourth-order valence-electron chi connectivity index (χ4n) is 2.63. The molecular formula is C18H19NO6. The maximum absolute atomic E-state index is 11.7. The summed E-state index contributed by atoms with van der Waals surface area (Å²) in [6.45, 7) is 4.21. The monoisotopic (exact) mass is 345 g/mol. The molecule has 0 bridgehead atoms. The highest BCUT2D eigenvalue weighted by Gasteiger charge is 2.23. The van der Waals surface area contributed by atoms with Crippen LogP contribution >= 0.6 is 0 Å². The van der Waals surface area contributed by atoms with Gasteiger partial charge in [-0.3, -0.25) is 14.9 Å². The van der Waals surface area contributed by atoms with Crippen molar-refractivity contribution in [1.82, 2.24) is 0 Å². The highest BCUT2D eigenvalue weighted by Crippen LogP contribution is 2.31. The quantitative estimate of drug-likeness (QED) is 0.588. The molecule has 0 aromatic heterocycles. The average Bonchev–Trinajstić information content (AvgIpc) is 2.55. The predicted molar refractivity (Wildman–Crippen MR) is 91.2 cm³/mol. The van der Waals surface area contributed by atoms with Gasteiger partial charge in [0.25, 0.3) is 0 Å². The van der Waals surface area contributed by atoms with Gasteiger partial charge in [-0.15, -0.1) is 0 Å². The zero-order chi connectivity index (χ0) is 18.6. The maximum atomic E-state index is 11.7. The van der Waals surface area contributed by atoms with Gasteiger partial charge in [0.05, 0.1) is 17.4 Å². The van der Waals surface area contributed by atoms with Crippen molar-refractivity contribution in [1.29, 1.82) is 0 Å². The molecule has 0 aliphatic rings. The van der Waals surface area contributed by atoms with E-state index < -0.39 is 28.2 Å². The topological polar surface area (TPSA) is 110 Å². The summed E-state index contributed by atoms with van der Waals surface area (Å²) in [4.78, 5) is 21.9. The van der Waals surface area contributed by atoms with Gasteiger partial charge in [-0.25, -0.2) is 0 Å². The Morgan fingerprint density at radius 2 is 2.00 bits per heavy atom. The van der Waals surface area contributed by atoms with E-state index in [2.05, 4.69) is 0 Å². The molecule has 0 aliphatic carbocycles. The molecule has 25 heavy (non-hydrogen) atoms. The summed E-state index contributed by atoms with van der Waals surface area (Å²) >= 11 is 0. The number of carbonyl (C=O) groups is 1. The predicted octanol–water partition coefficient (Wildman–Crippen LogP) is 3.42. The Morgan fingerprint density at radius 1 is 1.28 bits per heavy atom. The van der Waals surface area contributed by atoms with Gasteiger partial charge in [0.2, 0.25) is 0 Å². The molecule has 7 nitrogen and oxygen atoms in total. The van der Waals surface area contributed by atoms with Crippen molar-refractivity contribution in [2.24, 2.45) is 0 Å². The number of ether oxygens (including phenoxy) is 1. The van der Waals surface area contributed by atoms with Gasteiger partial charge in [0.15, 0.2) is 5.75 Å². The molecule has 2 rings (SSSR count). The number of carboxylic acids is 1. The minimum absolute atomic E-state index is 0.0733. The van der Waals surface area contributed by atoms with E-state index in [1.54, 1.807) is 18.2 Å². The number of phenolic OH excluding ortho intramolecular Hbond substituents is 1. The van der Waals surface area contributed by atoms with Crippen LogP contribution in [0.3, 0.4) is 0 Å². The van der Waals surface area contributed by atoms with Gasteiger partial charge < -0.3 is 14.9 Å². The molecule has 0 radical (unpaired) electrons. The van der Waals surface area contributed by atoms with E-state index >= 15 is 0 Å². The zero-order valence-electron chi connectivity index (χ0n) is 13.9. The van der Waals surface area contributed by atoms with Crippen LogP contribution in [0.15, 0.2) is 36.4 Å². The van der Waals surface area contributed by atoms with E-state index in [0.717, 1.165) is 5.56 Å². The number of hydrogen-bond acceptors (Lipinski definition) is 5. The normalized spacial score (nSPS) is 11.8. The van der Waals surface area contributed by atoms with Crippen LogP contribution in [0.1, 0.15) is 29.5 Å². The Hall–Kier alpha value is -3.09. The van der Waals surface area contributed by atoms with Crippen LogP contribution < -0.4 is 4.74 Å². The second-order valence-corrected chi connectivity index (χ2v) is 5.63. The summed E-state index contributed by atoms with van der Waals surface area (Å²) in [6.07, 6.45) is 0.0733. The van der Waals surface area contributed by atoms with Crippen molar-refractivity contribution in [3.63, 3.8) is 0 Å². The highest BCUT2D eigenvalue weighted by molar-refractivity contribution is 5.77. The highest BCUT2D eigenvalue weighted by atomic mass is 16.6. The van der Waals surface area contributed by atoms with Crippen LogP contribution in [-0.4, -0.2) is 27.7 Å². The molecule has 2 aromatic rings. The summed E-state index contributed by atoms with van der Waals surface area (Å²) in [5.41, 5.74) is 1.43. The number of nitro groups is 1. The third kappa shape index (κ3) is 4.26. The molecule has 7 heteroatoms. The molecule has 0 saturated carbocycles. The maximum Gasteiger partial charge on any atom is 0.311 e. The van der Waals surface area contributed by atoms with E-state index in [-0.39, 0.29) is 6.42 Å². The lowest BCUT2D eigenvalue weighted by molar-refractivity contribution is -0.385. The largest absolute Gasteiger partial charge is 0.502 e. The lowest BCUT2D eigenvalue weighted by atomic mass is 9.90. The van der Waals surface area contributed by atoms with Gasteiger partial charge >= 0.3 is 11.7 Å². The molecule has 1 unspecified atom stereocenters. The van der Waals surface area contributed by atoms with Crippen LogP contribution in [0.5, 0.6) is 11.5 Å². The van der Waals surface area contributed by atoms with Crippen LogP contribution in [-0.2, 0) is 11.2 Å². The summed E-state index contributed by atoms with van der Waals surface area (Å²) in [5, 5.41) is 30.0. The fourth-order valence-corrected chi connectivity index (χ4v) is 2.63. The second kappa shape index (κ2) is 7.65. The Morgan fingerprint density at radius 3 is 2.56 bits per heavy atom. The van der Waals surface area contributed by atoms with Crippen LogP contribution in [0.4, 0.5) is 5.69 Å². The first-order valence-electron chi connectivity index (χ1n) is 7.76. The smallest absolute Gasteiger partial charge is 0.311 e. The van der Waals surface area contributed by atoms with Gasteiger partial charge in [-0.05, 0) is 49.1 Å². The van der Waals surface area contributed by atoms with Crippen LogP contribution in [0.2, 0.25) is 0 Å². The first-order chi connectivity index (χ1) is 11.8. The fraction of sp³-hybridized carbons (Fsp3) is 0.278. The molecule has 0 fully saturated rings. The minimum atomic E-state index is -1.03. The summed E-state index contributed by atoms with van der Waals surface area (Å²) in [7, 11) is 0. The van der Waals surface area contributed by atoms with Gasteiger partial charge in [0.1, 0.15) is 5.75 Å². The number of phenols is 1. The Bertz CT molecular complexity index is 802. The van der Waals surface area contributed by atoms with E-state index in [4.69, 9.17) is 4.74 Å². The van der Waals surface area contributed by atoms with Crippen LogP contribution in [0.25, 0.3) is 0 Å². The van der Waals surface area contributed by atoms with E-state index in [1.807, 2.05) is 13.8 Å². The van der Waals surface area contributed by atoms with Gasteiger partial charge in [-0.2, -0.15) is 0 Å². The first kappa shape index (κ1) is 18.3. The third-order valence-electron chi connectivity index (χ3n) is 3.88. The Labute approximate surface area is 144 Å². The lowest BCUT2D eigenvalue weighted by Crippen LogP contribution is -2.15. The van der Waals surface area contributed by atoms with Gasteiger partial charge in [-0.1, -0.05) is 18.2 Å². The number of rotatable bonds is 7. The molecule has 132 valence electrons. The number of carboxylic acid groups (broad SMARTS) is 1. The second-order valence-electron chi connectivity index (χ2n) is 5.63. The molecule has 0 amide bonds. The van der Waals surface area contributed by atoms with E-state index in [9.17, 15) is 25.1 Å². The molecule has 0 spiro atoms. The number of aromatic hydroxyl groups is 1. The third-order valence-corrected chi connectivity index (χ3v) is 3.88. The molecule has 0 heterocycles. The molecule has 0 saturated heterocycles. The SMILES string of the molecule is CCOc1ccc(C(Cc2ccc(O)c([N+](=O)[O-])c2)C(=O)O)cc1C. The number of aliphatic carboxylic acids is 1. The Kier molecular flexibility index (Phi) is 5.59. The first-order valence-corrected chi connectivity index (χ1v) is 7.76. The summed E-state index contributed by atoms with van der Waals surface area (Å²) in [6, 6.07) is 9.05. The minimum Gasteiger partial charge on any atom is -0.502 e. The van der Waals surface area contributed by atoms with Crippen molar-refractivity contribution >= 4 is 11.7 Å². The average molecular weight is 345 g/mol. The number of benzene rings is 2. The van der Waals surface area contributed by atoms with E-state index in [1.165, 1.54) is 18.2 Å². The number of hydrogen-bond donors (Lipinski definition) is 2. The Balaban J connectivity index is 2.34. The van der Waals surface area contributed by atoms with Crippen molar-refractivity contribution in [3.05, 3.63) is 63.2 Å². The zero-order valence-corrected chi connectivity index (χ0v) is 13.9. The molecule has 1 atom stereocenters. The molecule has 0 aliphatic heterocycles. The van der Waals surface area contributed by atoms with Crippen molar-refractivity contribution in [2.45, 2.75) is 26.2 Å². The molecule has 2 aromatic carbocycles. The summed E-state index contributed by atoms with van der Waals surface area (Å²) in [5.74, 6) is -1.65. The van der Waals surface area contributed by atoms with Gasteiger partial charge in [0, 0.05) is 6.07 Å².